The van der Waals surface area contributed by atoms with Gasteiger partial charge in [-0.25, -0.2) is 0 Å². The van der Waals surface area contributed by atoms with Gasteiger partial charge in [0.25, 0.3) is 0 Å². The molecular formula is C10H17NO3. The monoisotopic (exact) mass is 199 g/mol. The zero-order valence-corrected chi connectivity index (χ0v) is 8.48. The summed E-state index contributed by atoms with van der Waals surface area (Å²) in [4.78, 5) is 13.3. The highest BCUT2D eigenvalue weighted by molar-refractivity contribution is 5.70. The number of rotatable bonds is 1. The van der Waals surface area contributed by atoms with E-state index in [1.165, 1.54) is 0 Å². The van der Waals surface area contributed by atoms with Crippen molar-refractivity contribution in [1.82, 2.24) is 4.90 Å². The Morgan fingerprint density at radius 1 is 1.50 bits per heavy atom. The predicted octanol–water partition coefficient (Wildman–Crippen LogP) is 0.428. The molecule has 0 spiro atoms. The molecule has 0 saturated carbocycles. The second-order valence-corrected chi connectivity index (χ2v) is 4.31. The summed E-state index contributed by atoms with van der Waals surface area (Å²) in [7, 11) is 2.08. The molecule has 0 aliphatic carbocycles. The molecule has 3 atom stereocenters. The summed E-state index contributed by atoms with van der Waals surface area (Å²) in [6.45, 7) is 2.29. The van der Waals surface area contributed by atoms with Crippen molar-refractivity contribution in [1.29, 1.82) is 0 Å². The van der Waals surface area contributed by atoms with Gasteiger partial charge in [-0.1, -0.05) is 0 Å². The highest BCUT2D eigenvalue weighted by atomic mass is 16.5. The van der Waals surface area contributed by atoms with E-state index in [-0.39, 0.29) is 11.8 Å². The van der Waals surface area contributed by atoms with Gasteiger partial charge in [0.15, 0.2) is 0 Å². The minimum absolute atomic E-state index is 0.194. The van der Waals surface area contributed by atoms with Crippen molar-refractivity contribution in [2.45, 2.75) is 18.9 Å². The number of ether oxygens (including phenoxy) is 1. The number of piperidine rings is 1. The van der Waals surface area contributed by atoms with E-state index in [0.29, 0.717) is 12.6 Å². The molecule has 2 saturated heterocycles. The van der Waals surface area contributed by atoms with Crippen molar-refractivity contribution in [3.8, 4) is 0 Å². The number of carboxylic acids is 1. The average molecular weight is 199 g/mol. The molecule has 0 amide bonds. The first kappa shape index (κ1) is 9.93. The molecule has 1 N–H and O–H groups in total. The Kier molecular flexibility index (Phi) is 2.74. The molecule has 0 aromatic carbocycles. The fraction of sp³-hybridized carbons (Fsp3) is 0.900. The second-order valence-electron chi connectivity index (χ2n) is 4.31. The number of hydrogen-bond acceptors (Lipinski definition) is 3. The largest absolute Gasteiger partial charge is 0.481 e. The lowest BCUT2D eigenvalue weighted by Gasteiger charge is -2.44. The van der Waals surface area contributed by atoms with Crippen molar-refractivity contribution in [2.24, 2.45) is 11.8 Å². The molecule has 0 aromatic heterocycles. The SMILES string of the molecule is CN1CCC(C(=O)O)C2COCCC21. The summed E-state index contributed by atoms with van der Waals surface area (Å²) in [5.74, 6) is -0.657. The van der Waals surface area contributed by atoms with Gasteiger partial charge in [-0.2, -0.15) is 0 Å². The maximum atomic E-state index is 11.0. The Labute approximate surface area is 83.8 Å². The van der Waals surface area contributed by atoms with Crippen LogP contribution in [-0.4, -0.2) is 48.8 Å². The molecule has 0 bridgehead atoms. The zero-order valence-electron chi connectivity index (χ0n) is 8.48. The van der Waals surface area contributed by atoms with Crippen LogP contribution in [0.15, 0.2) is 0 Å². The molecule has 2 fully saturated rings. The summed E-state index contributed by atoms with van der Waals surface area (Å²) in [6.07, 6.45) is 1.74. The van der Waals surface area contributed by atoms with E-state index in [2.05, 4.69) is 11.9 Å². The third-order valence-electron chi connectivity index (χ3n) is 3.56. The Hall–Kier alpha value is -0.610. The predicted molar refractivity (Wildman–Crippen MR) is 51.1 cm³/mol. The molecule has 3 unspecified atom stereocenters. The van der Waals surface area contributed by atoms with Crippen molar-refractivity contribution < 1.29 is 14.6 Å². The summed E-state index contributed by atoms with van der Waals surface area (Å²) in [6, 6.07) is 0.415. The molecule has 14 heavy (non-hydrogen) atoms. The van der Waals surface area contributed by atoms with E-state index >= 15 is 0 Å². The summed E-state index contributed by atoms with van der Waals surface area (Å²) < 4.78 is 5.38. The molecule has 4 heteroatoms. The summed E-state index contributed by atoms with van der Waals surface area (Å²) >= 11 is 0. The third kappa shape index (κ3) is 1.64. The molecule has 4 nitrogen and oxygen atoms in total. The van der Waals surface area contributed by atoms with E-state index in [1.807, 2.05) is 0 Å². The van der Waals surface area contributed by atoms with Crippen LogP contribution < -0.4 is 0 Å². The topological polar surface area (TPSA) is 49.8 Å². The summed E-state index contributed by atoms with van der Waals surface area (Å²) in [5.41, 5.74) is 0. The molecule has 2 aliphatic rings. The molecule has 0 radical (unpaired) electrons. The van der Waals surface area contributed by atoms with E-state index < -0.39 is 5.97 Å². The molecule has 2 aliphatic heterocycles. The lowest BCUT2D eigenvalue weighted by Crippen LogP contribution is -2.53. The van der Waals surface area contributed by atoms with E-state index in [0.717, 1.165) is 26.0 Å². The average Bonchev–Trinajstić information content (AvgIpc) is 2.18. The first-order valence-electron chi connectivity index (χ1n) is 5.21. The van der Waals surface area contributed by atoms with Crippen molar-refractivity contribution in [3.05, 3.63) is 0 Å². The van der Waals surface area contributed by atoms with E-state index in [1.54, 1.807) is 0 Å². The van der Waals surface area contributed by atoms with Crippen LogP contribution in [0.5, 0.6) is 0 Å². The number of nitrogens with zero attached hydrogens (tertiary/aromatic N) is 1. The molecule has 2 heterocycles. The lowest BCUT2D eigenvalue weighted by molar-refractivity contribution is -0.151. The highest BCUT2D eigenvalue weighted by Gasteiger charge is 2.41. The van der Waals surface area contributed by atoms with Crippen LogP contribution in [0.4, 0.5) is 0 Å². The maximum Gasteiger partial charge on any atom is 0.306 e. The molecular weight excluding hydrogens is 182 g/mol. The smallest absolute Gasteiger partial charge is 0.306 e. The van der Waals surface area contributed by atoms with Crippen LogP contribution in [0.25, 0.3) is 0 Å². The zero-order chi connectivity index (χ0) is 10.1. The van der Waals surface area contributed by atoms with Gasteiger partial charge < -0.3 is 14.7 Å². The van der Waals surface area contributed by atoms with Gasteiger partial charge in [-0.15, -0.1) is 0 Å². The van der Waals surface area contributed by atoms with Crippen LogP contribution in [0.2, 0.25) is 0 Å². The van der Waals surface area contributed by atoms with Crippen LogP contribution >= 0.6 is 0 Å². The number of hydrogen-bond donors (Lipinski definition) is 1. The Balaban J connectivity index is 2.12. The standard InChI is InChI=1S/C10H17NO3/c1-11-4-2-7(10(12)13)8-6-14-5-3-9(8)11/h7-9H,2-6H2,1H3,(H,12,13). The molecule has 80 valence electrons. The molecule has 0 aromatic rings. The van der Waals surface area contributed by atoms with Gasteiger partial charge in [0.2, 0.25) is 0 Å². The van der Waals surface area contributed by atoms with Crippen LogP contribution in [0.3, 0.4) is 0 Å². The van der Waals surface area contributed by atoms with Gasteiger partial charge in [0.05, 0.1) is 12.5 Å². The van der Waals surface area contributed by atoms with Crippen LogP contribution in [0, 0.1) is 11.8 Å². The van der Waals surface area contributed by atoms with Gasteiger partial charge in [0, 0.05) is 18.6 Å². The van der Waals surface area contributed by atoms with Crippen molar-refractivity contribution in [3.63, 3.8) is 0 Å². The Morgan fingerprint density at radius 2 is 2.29 bits per heavy atom. The van der Waals surface area contributed by atoms with Gasteiger partial charge in [-0.05, 0) is 26.4 Å². The normalized spacial score (nSPS) is 39.1. The lowest BCUT2D eigenvalue weighted by atomic mass is 9.78. The fourth-order valence-corrected chi connectivity index (χ4v) is 2.71. The van der Waals surface area contributed by atoms with E-state index in [9.17, 15) is 4.79 Å². The quantitative estimate of drug-likeness (QED) is 0.665. The van der Waals surface area contributed by atoms with Gasteiger partial charge in [0.1, 0.15) is 0 Å². The minimum atomic E-state index is -0.654. The van der Waals surface area contributed by atoms with Gasteiger partial charge in [-0.3, -0.25) is 4.79 Å². The highest BCUT2D eigenvalue weighted by Crippen LogP contribution is 2.33. The van der Waals surface area contributed by atoms with Crippen LogP contribution in [-0.2, 0) is 9.53 Å². The number of likely N-dealkylation sites (tertiary alicyclic amines) is 1. The molecule has 2 rings (SSSR count). The fourth-order valence-electron chi connectivity index (χ4n) is 2.71. The third-order valence-corrected chi connectivity index (χ3v) is 3.56. The number of carboxylic acid groups (broad SMARTS) is 1. The van der Waals surface area contributed by atoms with Crippen molar-refractivity contribution >= 4 is 5.97 Å². The van der Waals surface area contributed by atoms with Gasteiger partial charge >= 0.3 is 5.97 Å². The second kappa shape index (κ2) is 3.87. The maximum absolute atomic E-state index is 11.0. The minimum Gasteiger partial charge on any atom is -0.481 e. The number of aliphatic carboxylic acids is 1. The first-order valence-corrected chi connectivity index (χ1v) is 5.21. The number of fused-ring (bicyclic) bond motifs is 1. The Bertz CT molecular complexity index is 231. The van der Waals surface area contributed by atoms with Crippen molar-refractivity contribution in [2.75, 3.05) is 26.8 Å². The van der Waals surface area contributed by atoms with E-state index in [4.69, 9.17) is 9.84 Å². The Morgan fingerprint density at radius 3 is 3.00 bits per heavy atom. The van der Waals surface area contributed by atoms with Crippen LogP contribution in [0.1, 0.15) is 12.8 Å². The summed E-state index contributed by atoms with van der Waals surface area (Å²) in [5, 5.41) is 9.09. The first-order chi connectivity index (χ1) is 6.70. The number of carbonyl (C=O) groups is 1.